The van der Waals surface area contributed by atoms with E-state index in [2.05, 4.69) is 9.89 Å². The van der Waals surface area contributed by atoms with Crippen molar-refractivity contribution in [1.29, 1.82) is 0 Å². The molecule has 1 aliphatic carbocycles. The minimum atomic E-state index is -0.768. The molecule has 102 valence electrons. The van der Waals surface area contributed by atoms with Gasteiger partial charge in [0.15, 0.2) is 0 Å². The second-order valence-electron chi connectivity index (χ2n) is 4.19. The van der Waals surface area contributed by atoms with Gasteiger partial charge in [0.05, 0.1) is 19.4 Å². The monoisotopic (exact) mass is 263 g/mol. The molecule has 0 heterocycles. The maximum Gasteiger partial charge on any atom is 0.535 e. The Kier molecular flexibility index (Phi) is 4.39. The predicted molar refractivity (Wildman–Crippen MR) is 70.6 cm³/mol. The number of ether oxygens (including phenoxy) is 2. The SMILES string of the molecule is CCOC(=O)O/N=C1/CCCc2cc(OC)ccc21. The van der Waals surface area contributed by atoms with Crippen molar-refractivity contribution in [1.82, 2.24) is 0 Å². The van der Waals surface area contributed by atoms with E-state index in [9.17, 15) is 4.79 Å². The summed E-state index contributed by atoms with van der Waals surface area (Å²) in [7, 11) is 1.64. The van der Waals surface area contributed by atoms with Gasteiger partial charge in [-0.1, -0.05) is 5.16 Å². The van der Waals surface area contributed by atoms with Crippen LogP contribution in [-0.4, -0.2) is 25.6 Å². The van der Waals surface area contributed by atoms with Gasteiger partial charge in [0.2, 0.25) is 0 Å². The van der Waals surface area contributed by atoms with E-state index in [0.29, 0.717) is 0 Å². The molecule has 0 saturated heterocycles. The molecule has 0 spiro atoms. The number of benzene rings is 1. The number of aryl methyl sites for hydroxylation is 1. The molecule has 0 fully saturated rings. The van der Waals surface area contributed by atoms with Gasteiger partial charge >= 0.3 is 6.16 Å². The first-order valence-corrected chi connectivity index (χ1v) is 6.32. The quantitative estimate of drug-likeness (QED) is 0.478. The Morgan fingerprint density at radius 2 is 2.21 bits per heavy atom. The minimum absolute atomic E-state index is 0.275. The summed E-state index contributed by atoms with van der Waals surface area (Å²) < 4.78 is 9.87. The molecule has 0 atom stereocenters. The Bertz CT molecular complexity index is 496. The zero-order valence-electron chi connectivity index (χ0n) is 11.1. The lowest BCUT2D eigenvalue weighted by Crippen LogP contribution is -2.14. The van der Waals surface area contributed by atoms with Gasteiger partial charge in [-0.15, -0.1) is 0 Å². The van der Waals surface area contributed by atoms with Crippen molar-refractivity contribution in [3.05, 3.63) is 29.3 Å². The molecule has 0 aromatic heterocycles. The van der Waals surface area contributed by atoms with Gasteiger partial charge in [0.1, 0.15) is 5.75 Å². The first-order valence-electron chi connectivity index (χ1n) is 6.32. The molecule has 0 aliphatic heterocycles. The number of hydrogen-bond donors (Lipinski definition) is 0. The molecule has 0 saturated carbocycles. The molecule has 5 heteroatoms. The number of fused-ring (bicyclic) bond motifs is 1. The first-order chi connectivity index (χ1) is 9.24. The van der Waals surface area contributed by atoms with Crippen LogP contribution in [0.25, 0.3) is 0 Å². The smallest absolute Gasteiger partial charge is 0.497 e. The number of rotatable bonds is 3. The largest absolute Gasteiger partial charge is 0.535 e. The Labute approximate surface area is 112 Å². The molecule has 2 rings (SSSR count). The lowest BCUT2D eigenvalue weighted by atomic mass is 9.90. The van der Waals surface area contributed by atoms with Crippen LogP contribution >= 0.6 is 0 Å². The van der Waals surface area contributed by atoms with Crippen molar-refractivity contribution in [2.24, 2.45) is 5.16 Å². The third-order valence-electron chi connectivity index (χ3n) is 2.98. The third-order valence-corrected chi connectivity index (χ3v) is 2.98. The summed E-state index contributed by atoms with van der Waals surface area (Å²) in [5, 5.41) is 3.90. The van der Waals surface area contributed by atoms with E-state index in [-0.39, 0.29) is 6.61 Å². The average molecular weight is 263 g/mol. The fourth-order valence-corrected chi connectivity index (χ4v) is 2.10. The van der Waals surface area contributed by atoms with Crippen molar-refractivity contribution in [3.8, 4) is 5.75 Å². The number of nitrogens with zero attached hydrogens (tertiary/aromatic N) is 1. The summed E-state index contributed by atoms with van der Waals surface area (Å²) in [5.74, 6) is 0.825. The molecular formula is C14H17NO4. The summed E-state index contributed by atoms with van der Waals surface area (Å²) in [6.07, 6.45) is 1.98. The maximum atomic E-state index is 11.1. The zero-order valence-corrected chi connectivity index (χ0v) is 11.1. The normalized spacial score (nSPS) is 15.8. The van der Waals surface area contributed by atoms with E-state index in [1.165, 1.54) is 0 Å². The summed E-state index contributed by atoms with van der Waals surface area (Å²) >= 11 is 0. The van der Waals surface area contributed by atoms with Gasteiger partial charge in [-0.2, -0.15) is 0 Å². The highest BCUT2D eigenvalue weighted by molar-refractivity contribution is 6.02. The Morgan fingerprint density at radius 3 is 2.95 bits per heavy atom. The lowest BCUT2D eigenvalue weighted by Gasteiger charge is -2.17. The highest BCUT2D eigenvalue weighted by atomic mass is 16.8. The third kappa shape index (κ3) is 3.24. The van der Waals surface area contributed by atoms with Gasteiger partial charge in [0.25, 0.3) is 0 Å². The second kappa shape index (κ2) is 6.22. The van der Waals surface area contributed by atoms with E-state index in [0.717, 1.165) is 41.9 Å². The molecule has 5 nitrogen and oxygen atoms in total. The number of carbonyl (C=O) groups excluding carboxylic acids is 1. The highest BCUT2D eigenvalue weighted by Crippen LogP contribution is 2.26. The van der Waals surface area contributed by atoms with Gasteiger partial charge in [-0.3, -0.25) is 4.84 Å². The van der Waals surface area contributed by atoms with Gasteiger partial charge < -0.3 is 9.47 Å². The van der Waals surface area contributed by atoms with E-state index < -0.39 is 6.16 Å². The van der Waals surface area contributed by atoms with Gasteiger partial charge in [-0.05, 0) is 49.9 Å². The number of hydrogen-bond acceptors (Lipinski definition) is 5. The maximum absolute atomic E-state index is 11.1. The Morgan fingerprint density at radius 1 is 1.37 bits per heavy atom. The van der Waals surface area contributed by atoms with E-state index in [4.69, 9.17) is 9.57 Å². The highest BCUT2D eigenvalue weighted by Gasteiger charge is 2.17. The van der Waals surface area contributed by atoms with Crippen molar-refractivity contribution in [2.75, 3.05) is 13.7 Å². The van der Waals surface area contributed by atoms with Gasteiger partial charge in [-0.25, -0.2) is 4.79 Å². The van der Waals surface area contributed by atoms with E-state index in [1.54, 1.807) is 14.0 Å². The van der Waals surface area contributed by atoms with Crippen LogP contribution in [0.5, 0.6) is 5.75 Å². The fourth-order valence-electron chi connectivity index (χ4n) is 2.10. The minimum Gasteiger partial charge on any atom is -0.497 e. The molecule has 19 heavy (non-hydrogen) atoms. The number of oxime groups is 1. The molecule has 0 radical (unpaired) electrons. The van der Waals surface area contributed by atoms with E-state index >= 15 is 0 Å². The summed E-state index contributed by atoms with van der Waals surface area (Å²) in [6.45, 7) is 1.99. The van der Waals surface area contributed by atoms with Crippen molar-refractivity contribution in [3.63, 3.8) is 0 Å². The van der Waals surface area contributed by atoms with Crippen LogP contribution in [-0.2, 0) is 16.0 Å². The van der Waals surface area contributed by atoms with Crippen molar-refractivity contribution in [2.45, 2.75) is 26.2 Å². The van der Waals surface area contributed by atoms with Crippen LogP contribution < -0.4 is 4.74 Å². The topological polar surface area (TPSA) is 57.1 Å². The summed E-state index contributed by atoms with van der Waals surface area (Å²) in [6, 6.07) is 5.82. The standard InChI is InChI=1S/C14H17NO4/c1-3-18-14(16)19-15-13-6-4-5-10-9-11(17-2)7-8-12(10)13/h7-9H,3-6H2,1-2H3/b15-13-. The van der Waals surface area contributed by atoms with Crippen LogP contribution in [0.1, 0.15) is 30.9 Å². The Balaban J connectivity index is 2.17. The molecule has 0 N–H and O–H groups in total. The van der Waals surface area contributed by atoms with Crippen LogP contribution in [0.3, 0.4) is 0 Å². The van der Waals surface area contributed by atoms with E-state index in [1.807, 2.05) is 18.2 Å². The molecule has 0 amide bonds. The van der Waals surface area contributed by atoms with Crippen LogP contribution in [0.4, 0.5) is 4.79 Å². The van der Waals surface area contributed by atoms with Crippen LogP contribution in [0, 0.1) is 0 Å². The predicted octanol–water partition coefficient (Wildman–Crippen LogP) is 2.91. The average Bonchev–Trinajstić information content (AvgIpc) is 2.44. The van der Waals surface area contributed by atoms with Gasteiger partial charge in [0, 0.05) is 5.56 Å². The summed E-state index contributed by atoms with van der Waals surface area (Å²) in [5.41, 5.74) is 2.95. The second-order valence-corrected chi connectivity index (χ2v) is 4.19. The first kappa shape index (κ1) is 13.4. The molecular weight excluding hydrogens is 246 g/mol. The zero-order chi connectivity index (χ0) is 13.7. The van der Waals surface area contributed by atoms with Crippen LogP contribution in [0.15, 0.2) is 23.4 Å². The number of carbonyl (C=O) groups is 1. The Hall–Kier alpha value is -2.04. The molecule has 1 aromatic rings. The fraction of sp³-hybridized carbons (Fsp3) is 0.429. The lowest BCUT2D eigenvalue weighted by molar-refractivity contribution is 0.0611. The molecule has 0 unspecified atom stereocenters. The number of methoxy groups -OCH3 is 1. The van der Waals surface area contributed by atoms with Crippen molar-refractivity contribution >= 4 is 11.9 Å². The molecule has 0 bridgehead atoms. The molecule has 1 aliphatic rings. The summed E-state index contributed by atoms with van der Waals surface area (Å²) in [4.78, 5) is 15.9. The molecule has 1 aromatic carbocycles. The van der Waals surface area contributed by atoms with Crippen molar-refractivity contribution < 1.29 is 19.1 Å². The van der Waals surface area contributed by atoms with Crippen LogP contribution in [0.2, 0.25) is 0 Å².